The number of benzene rings is 1. The van der Waals surface area contributed by atoms with Gasteiger partial charge < -0.3 is 14.8 Å². The summed E-state index contributed by atoms with van der Waals surface area (Å²) >= 11 is 6.06. The lowest BCUT2D eigenvalue weighted by molar-refractivity contribution is -0.111. The number of halogens is 1. The van der Waals surface area contributed by atoms with E-state index in [0.29, 0.717) is 11.4 Å². The van der Waals surface area contributed by atoms with Gasteiger partial charge in [0.15, 0.2) is 0 Å². The van der Waals surface area contributed by atoms with Gasteiger partial charge in [-0.2, -0.15) is 0 Å². The van der Waals surface area contributed by atoms with Crippen LogP contribution in [0.4, 0.5) is 5.82 Å². The van der Waals surface area contributed by atoms with Crippen LogP contribution in [0, 0.1) is 0 Å². The molecule has 8 heteroatoms. The van der Waals surface area contributed by atoms with Gasteiger partial charge in [-0.05, 0) is 43.9 Å². The van der Waals surface area contributed by atoms with Gasteiger partial charge in [-0.3, -0.25) is 10.2 Å². The topological polar surface area (TPSA) is 81.6 Å². The molecule has 1 aliphatic heterocycles. The second kappa shape index (κ2) is 9.83. The molecule has 1 aromatic heterocycles. The molecule has 7 nitrogen and oxygen atoms in total. The van der Waals surface area contributed by atoms with E-state index in [1.165, 1.54) is 0 Å². The Bertz CT molecular complexity index is 930. The Morgan fingerprint density at radius 2 is 1.84 bits per heavy atom. The Morgan fingerprint density at radius 1 is 1.16 bits per heavy atom. The molecule has 1 fully saturated rings. The maximum atomic E-state index is 12.2. The minimum atomic E-state index is -0.504. The average molecular weight is 458 g/mol. The average Bonchev–Trinajstić information content (AvgIpc) is 3.08. The molecule has 2 aromatic rings. The lowest BCUT2D eigenvalue weighted by Crippen LogP contribution is -2.58. The van der Waals surface area contributed by atoms with Gasteiger partial charge in [-0.15, -0.1) is 0 Å². The predicted molar refractivity (Wildman–Crippen MR) is 126 cm³/mol. The second-order valence-electron chi connectivity index (χ2n) is 9.15. The number of aldehydes is 1. The van der Waals surface area contributed by atoms with Gasteiger partial charge in [0.25, 0.3) is 0 Å². The zero-order valence-electron chi connectivity index (χ0n) is 18.9. The summed E-state index contributed by atoms with van der Waals surface area (Å²) in [4.78, 5) is 25.7. The highest BCUT2D eigenvalue weighted by Crippen LogP contribution is 2.42. The van der Waals surface area contributed by atoms with Crippen LogP contribution in [0.3, 0.4) is 0 Å². The van der Waals surface area contributed by atoms with Gasteiger partial charge in [0.2, 0.25) is 0 Å². The van der Waals surface area contributed by atoms with E-state index in [1.54, 1.807) is 6.33 Å². The normalized spacial score (nSPS) is 23.2. The summed E-state index contributed by atoms with van der Waals surface area (Å²) in [5, 5.41) is 14.6. The van der Waals surface area contributed by atoms with E-state index in [-0.39, 0.29) is 24.0 Å². The highest BCUT2D eigenvalue weighted by molar-refractivity contribution is 6.30. The number of carbonyl (C=O) groups excluding carboxylic acids is 1. The van der Waals surface area contributed by atoms with E-state index in [4.69, 9.17) is 11.6 Å². The summed E-state index contributed by atoms with van der Waals surface area (Å²) in [7, 11) is 0. The summed E-state index contributed by atoms with van der Waals surface area (Å²) in [6, 6.07) is 7.78. The van der Waals surface area contributed by atoms with Crippen molar-refractivity contribution >= 4 is 23.7 Å². The Morgan fingerprint density at radius 3 is 2.47 bits per heavy atom. The Kier molecular flexibility index (Phi) is 7.10. The van der Waals surface area contributed by atoms with Crippen LogP contribution in [0.2, 0.25) is 5.02 Å². The number of hydrogen-bond donors (Lipinski definition) is 2. The largest absolute Gasteiger partial charge is 0.387 e. The van der Waals surface area contributed by atoms with E-state index >= 15 is 0 Å². The molecule has 0 amide bonds. The van der Waals surface area contributed by atoms with Crippen LogP contribution >= 0.6 is 11.6 Å². The lowest BCUT2D eigenvalue weighted by Gasteiger charge is -2.43. The van der Waals surface area contributed by atoms with Crippen molar-refractivity contribution in [3.05, 3.63) is 52.4 Å². The Hall–Kier alpha value is -2.06. The van der Waals surface area contributed by atoms with Gasteiger partial charge >= 0.3 is 0 Å². The summed E-state index contributed by atoms with van der Waals surface area (Å²) in [5.74, 6) is 0.894. The van der Waals surface area contributed by atoms with Crippen LogP contribution in [-0.2, 0) is 4.79 Å². The maximum absolute atomic E-state index is 12.2. The first-order valence-corrected chi connectivity index (χ1v) is 11.8. The van der Waals surface area contributed by atoms with Crippen LogP contribution in [-0.4, -0.2) is 64.6 Å². The number of aliphatic hydroxyl groups is 1. The number of hydrogen-bond acceptors (Lipinski definition) is 7. The molecule has 1 aliphatic carbocycles. The first-order chi connectivity index (χ1) is 15.4. The Balaban J connectivity index is 1.52. The third-order valence-corrected chi connectivity index (χ3v) is 6.78. The highest BCUT2D eigenvalue weighted by atomic mass is 35.5. The molecule has 2 aliphatic rings. The van der Waals surface area contributed by atoms with Gasteiger partial charge in [-0.1, -0.05) is 30.7 Å². The zero-order chi connectivity index (χ0) is 22.8. The molecule has 1 saturated heterocycles. The molecule has 2 heterocycles. The van der Waals surface area contributed by atoms with Crippen molar-refractivity contribution < 1.29 is 9.90 Å². The molecule has 172 valence electrons. The lowest BCUT2D eigenvalue weighted by atomic mass is 9.95. The molecule has 1 aromatic carbocycles. The van der Waals surface area contributed by atoms with Gasteiger partial charge in [0.1, 0.15) is 18.4 Å². The van der Waals surface area contributed by atoms with Crippen molar-refractivity contribution in [2.75, 3.05) is 31.1 Å². The first-order valence-electron chi connectivity index (χ1n) is 11.4. The van der Waals surface area contributed by atoms with E-state index in [2.05, 4.69) is 45.9 Å². The minimum absolute atomic E-state index is 0.104. The van der Waals surface area contributed by atoms with Crippen LogP contribution < -0.4 is 10.2 Å². The van der Waals surface area contributed by atoms with Crippen LogP contribution in [0.5, 0.6) is 0 Å². The monoisotopic (exact) mass is 457 g/mol. The number of aromatic nitrogens is 2. The van der Waals surface area contributed by atoms with E-state index in [9.17, 15) is 9.90 Å². The number of aliphatic hydroxyl groups excluding tert-OH is 1. The second-order valence-corrected chi connectivity index (χ2v) is 9.59. The van der Waals surface area contributed by atoms with Crippen LogP contribution in [0.15, 0.2) is 30.6 Å². The molecule has 0 spiro atoms. The van der Waals surface area contributed by atoms with Crippen molar-refractivity contribution in [2.24, 2.45) is 0 Å². The maximum Gasteiger partial charge on any atom is 0.135 e. The molecule has 0 radical (unpaired) electrons. The number of carbonyl (C=O) groups is 1. The molecule has 2 N–H and O–H groups in total. The van der Waals surface area contributed by atoms with E-state index in [0.717, 1.165) is 55.1 Å². The SMILES string of the molecule is CC(C)NC(C(C=O)c1ccc(Cl)cc1)N1CCN(c2ncnc3c2[C@H](C)C[C@H]3O)CC1. The molecule has 4 rings (SSSR count). The van der Waals surface area contributed by atoms with Crippen molar-refractivity contribution in [3.63, 3.8) is 0 Å². The van der Waals surface area contributed by atoms with Crippen molar-refractivity contribution in [1.82, 2.24) is 20.2 Å². The third-order valence-electron chi connectivity index (χ3n) is 6.53. The van der Waals surface area contributed by atoms with Crippen molar-refractivity contribution in [3.8, 4) is 0 Å². The highest BCUT2D eigenvalue weighted by Gasteiger charge is 2.35. The van der Waals surface area contributed by atoms with Crippen molar-refractivity contribution in [2.45, 2.75) is 57.3 Å². The van der Waals surface area contributed by atoms with E-state index in [1.807, 2.05) is 24.3 Å². The number of rotatable bonds is 7. The molecule has 0 saturated carbocycles. The van der Waals surface area contributed by atoms with Crippen molar-refractivity contribution in [1.29, 1.82) is 0 Å². The molecule has 0 bridgehead atoms. The van der Waals surface area contributed by atoms with E-state index < -0.39 is 6.10 Å². The molecule has 2 unspecified atom stereocenters. The zero-order valence-corrected chi connectivity index (χ0v) is 19.7. The predicted octanol–water partition coefficient (Wildman–Crippen LogP) is 3.10. The van der Waals surface area contributed by atoms with Crippen LogP contribution in [0.1, 0.15) is 62.0 Å². The molecule has 32 heavy (non-hydrogen) atoms. The molecule has 4 atom stereocenters. The number of nitrogens with one attached hydrogen (secondary N) is 1. The summed E-state index contributed by atoms with van der Waals surface area (Å²) in [6.45, 7) is 9.54. The fraction of sp³-hybridized carbons (Fsp3) is 0.542. The van der Waals surface area contributed by atoms with Gasteiger partial charge in [0, 0.05) is 42.8 Å². The first kappa shape index (κ1) is 23.1. The number of nitrogens with zero attached hydrogens (tertiary/aromatic N) is 4. The number of piperazine rings is 1. The smallest absolute Gasteiger partial charge is 0.135 e. The minimum Gasteiger partial charge on any atom is -0.387 e. The standard InChI is InChI=1S/C24H32ClN5O2/c1-15(2)28-23(19(13-31)17-4-6-18(25)7-5-17)29-8-10-30(11-9-29)24-21-16(3)12-20(32)22(21)26-14-27-24/h4-7,13-16,19-20,23,28,32H,8-12H2,1-3H3/t16-,19?,20-,23?/m1/s1. The third kappa shape index (κ3) is 4.66. The number of anilines is 1. The number of fused-ring (bicyclic) bond motifs is 1. The van der Waals surface area contributed by atoms with Crippen LogP contribution in [0.25, 0.3) is 0 Å². The molecular formula is C24H32ClN5O2. The van der Waals surface area contributed by atoms with Gasteiger partial charge in [-0.25, -0.2) is 9.97 Å². The quantitative estimate of drug-likeness (QED) is 0.618. The van der Waals surface area contributed by atoms with Gasteiger partial charge in [0.05, 0.1) is 23.9 Å². The fourth-order valence-electron chi connectivity index (χ4n) is 4.96. The summed E-state index contributed by atoms with van der Waals surface area (Å²) in [5.41, 5.74) is 2.81. The molecular weight excluding hydrogens is 426 g/mol. The summed E-state index contributed by atoms with van der Waals surface area (Å²) < 4.78 is 0. The fourth-order valence-corrected chi connectivity index (χ4v) is 5.09. The summed E-state index contributed by atoms with van der Waals surface area (Å²) in [6.07, 6.45) is 2.69. The Labute approximate surface area is 194 Å².